The maximum absolute atomic E-state index is 4.89. The van der Waals surface area contributed by atoms with Crippen LogP contribution in [0, 0.1) is 11.6 Å². The molecule has 1 heterocycles. The molecular weight excluding hydrogens is 144 g/mol. The van der Waals surface area contributed by atoms with E-state index in [0.29, 0.717) is 4.64 Å². The summed E-state index contributed by atoms with van der Waals surface area (Å²) in [6.07, 6.45) is 0.956. The first kappa shape index (κ1) is 7.41. The number of aryl methyl sites for hydroxylation is 2. The van der Waals surface area contributed by atoms with Gasteiger partial charge in [-0.2, -0.15) is 5.10 Å². The quantitative estimate of drug-likeness (QED) is 0.627. The van der Waals surface area contributed by atoms with Gasteiger partial charge in [0.2, 0.25) is 0 Å². The number of rotatable bonds is 1. The Morgan fingerprint density at radius 1 is 1.70 bits per heavy atom. The van der Waals surface area contributed by atoms with Crippen LogP contribution in [0.5, 0.6) is 0 Å². The predicted molar refractivity (Wildman–Crippen MR) is 43.5 cm³/mol. The van der Waals surface area contributed by atoms with Crippen LogP contribution in [0.25, 0.3) is 0 Å². The average molecular weight is 154 g/mol. The van der Waals surface area contributed by atoms with Crippen molar-refractivity contribution in [2.75, 3.05) is 0 Å². The Balaban J connectivity index is 3.19. The summed E-state index contributed by atoms with van der Waals surface area (Å²) in [5.74, 6) is 0. The van der Waals surface area contributed by atoms with Gasteiger partial charge in [-0.1, -0.05) is 19.1 Å². The highest BCUT2D eigenvalue weighted by Gasteiger charge is 1.94. The molecule has 1 aromatic heterocycles. The van der Waals surface area contributed by atoms with E-state index in [4.69, 9.17) is 12.2 Å². The number of hydrogen-bond acceptors (Lipinski definition) is 2. The van der Waals surface area contributed by atoms with Crippen LogP contribution in [0.15, 0.2) is 6.07 Å². The highest BCUT2D eigenvalue weighted by Crippen LogP contribution is 2.02. The molecule has 0 fully saturated rings. The molecule has 0 bridgehead atoms. The fourth-order valence-electron chi connectivity index (χ4n) is 0.881. The summed E-state index contributed by atoms with van der Waals surface area (Å²) in [5, 5.41) is 6.82. The molecular formula is C7H10N2S. The third-order valence-electron chi connectivity index (χ3n) is 1.44. The van der Waals surface area contributed by atoms with Gasteiger partial charge in [-0.3, -0.25) is 5.10 Å². The number of aromatic amines is 1. The molecule has 0 atom stereocenters. The summed E-state index contributed by atoms with van der Waals surface area (Å²) in [6.45, 7) is 4.10. The normalized spacial score (nSPS) is 9.80. The molecule has 0 amide bonds. The van der Waals surface area contributed by atoms with Gasteiger partial charge in [0.1, 0.15) is 4.64 Å². The maximum atomic E-state index is 4.89. The number of nitrogens with zero attached hydrogens (tertiary/aromatic N) is 1. The summed E-state index contributed by atoms with van der Waals surface area (Å²) in [7, 11) is 0. The van der Waals surface area contributed by atoms with Crippen molar-refractivity contribution in [1.82, 2.24) is 10.2 Å². The van der Waals surface area contributed by atoms with E-state index in [-0.39, 0.29) is 0 Å². The molecule has 0 aliphatic carbocycles. The first-order valence-electron chi connectivity index (χ1n) is 3.29. The van der Waals surface area contributed by atoms with Crippen molar-refractivity contribution < 1.29 is 0 Å². The van der Waals surface area contributed by atoms with Crippen molar-refractivity contribution in [2.45, 2.75) is 20.3 Å². The summed E-state index contributed by atoms with van der Waals surface area (Å²) in [6, 6.07) is 1.93. The Bertz CT molecular complexity index is 277. The van der Waals surface area contributed by atoms with Crippen LogP contribution in [0.2, 0.25) is 0 Å². The molecule has 10 heavy (non-hydrogen) atoms. The van der Waals surface area contributed by atoms with Gasteiger partial charge >= 0.3 is 0 Å². The van der Waals surface area contributed by atoms with Crippen molar-refractivity contribution in [1.29, 1.82) is 0 Å². The van der Waals surface area contributed by atoms with Crippen molar-refractivity contribution in [3.63, 3.8) is 0 Å². The lowest BCUT2D eigenvalue weighted by Crippen LogP contribution is -1.93. The summed E-state index contributed by atoms with van der Waals surface area (Å²) < 4.78 is 0.703. The average Bonchev–Trinajstić information content (AvgIpc) is 1.88. The zero-order valence-corrected chi connectivity index (χ0v) is 6.96. The number of H-pyrrole nitrogens is 1. The van der Waals surface area contributed by atoms with Crippen LogP contribution in [0.4, 0.5) is 0 Å². The van der Waals surface area contributed by atoms with Crippen LogP contribution < -0.4 is 0 Å². The molecule has 0 saturated carbocycles. The second-order valence-electron chi connectivity index (χ2n) is 2.22. The zero-order chi connectivity index (χ0) is 7.56. The molecule has 0 radical (unpaired) electrons. The van der Waals surface area contributed by atoms with Gasteiger partial charge in [-0.05, 0) is 25.0 Å². The number of hydrogen-bond donors (Lipinski definition) is 1. The third-order valence-corrected chi connectivity index (χ3v) is 1.65. The van der Waals surface area contributed by atoms with Gasteiger partial charge < -0.3 is 0 Å². The Morgan fingerprint density at radius 2 is 2.40 bits per heavy atom. The van der Waals surface area contributed by atoms with E-state index in [2.05, 4.69) is 17.1 Å². The second kappa shape index (κ2) is 2.92. The number of aromatic nitrogens is 2. The molecule has 0 aromatic carbocycles. The third kappa shape index (κ3) is 1.42. The first-order valence-corrected chi connectivity index (χ1v) is 3.70. The van der Waals surface area contributed by atoms with Crippen molar-refractivity contribution >= 4 is 12.2 Å². The Morgan fingerprint density at radius 3 is 2.90 bits per heavy atom. The fourth-order valence-corrected chi connectivity index (χ4v) is 1.10. The van der Waals surface area contributed by atoms with E-state index in [1.165, 1.54) is 5.56 Å². The summed E-state index contributed by atoms with van der Waals surface area (Å²) in [4.78, 5) is 0. The molecule has 54 valence electrons. The second-order valence-corrected chi connectivity index (χ2v) is 2.66. The standard InChI is InChI=1S/C7H10N2S/c1-3-6-5(2)4-7(10)9-8-6/h4H,3H2,1-2H3,(H,9,10). The van der Waals surface area contributed by atoms with Crippen molar-refractivity contribution in [3.8, 4) is 0 Å². The largest absolute Gasteiger partial charge is 0.267 e. The minimum Gasteiger partial charge on any atom is -0.267 e. The predicted octanol–water partition coefficient (Wildman–Crippen LogP) is 2.01. The van der Waals surface area contributed by atoms with Gasteiger partial charge in [-0.15, -0.1) is 0 Å². The fraction of sp³-hybridized carbons (Fsp3) is 0.429. The molecule has 1 rings (SSSR count). The Labute approximate surface area is 65.3 Å². The molecule has 0 unspecified atom stereocenters. The summed E-state index contributed by atoms with van der Waals surface area (Å²) in [5.41, 5.74) is 2.26. The van der Waals surface area contributed by atoms with E-state index in [1.54, 1.807) is 0 Å². The van der Waals surface area contributed by atoms with E-state index >= 15 is 0 Å². The van der Waals surface area contributed by atoms with E-state index in [0.717, 1.165) is 12.1 Å². The van der Waals surface area contributed by atoms with E-state index in [1.807, 2.05) is 13.0 Å². The molecule has 0 saturated heterocycles. The van der Waals surface area contributed by atoms with E-state index in [9.17, 15) is 0 Å². The van der Waals surface area contributed by atoms with Gasteiger partial charge in [0.15, 0.2) is 0 Å². The van der Waals surface area contributed by atoms with Crippen molar-refractivity contribution in [3.05, 3.63) is 22.0 Å². The van der Waals surface area contributed by atoms with Gasteiger partial charge in [0.05, 0.1) is 5.69 Å². The lowest BCUT2D eigenvalue weighted by atomic mass is 10.2. The van der Waals surface area contributed by atoms with E-state index < -0.39 is 0 Å². The minimum absolute atomic E-state index is 0.703. The topological polar surface area (TPSA) is 28.7 Å². The van der Waals surface area contributed by atoms with Crippen molar-refractivity contribution in [2.24, 2.45) is 0 Å². The SMILES string of the molecule is CCc1n[nH]c(=S)cc1C. The first-order chi connectivity index (χ1) is 4.74. The van der Waals surface area contributed by atoms with Crippen LogP contribution in [-0.2, 0) is 6.42 Å². The number of nitrogens with one attached hydrogen (secondary N) is 1. The molecule has 3 heteroatoms. The van der Waals surface area contributed by atoms with Crippen LogP contribution in [0.1, 0.15) is 18.2 Å². The van der Waals surface area contributed by atoms with Crippen LogP contribution in [-0.4, -0.2) is 10.2 Å². The molecule has 0 aliphatic rings. The van der Waals surface area contributed by atoms with Gasteiger partial charge in [0, 0.05) is 0 Å². The minimum atomic E-state index is 0.703. The highest BCUT2D eigenvalue weighted by atomic mass is 32.1. The molecule has 1 N–H and O–H groups in total. The van der Waals surface area contributed by atoms with Crippen LogP contribution in [0.3, 0.4) is 0 Å². The summed E-state index contributed by atoms with van der Waals surface area (Å²) >= 11 is 4.89. The Kier molecular flexibility index (Phi) is 2.17. The highest BCUT2D eigenvalue weighted by molar-refractivity contribution is 7.71. The molecule has 0 spiro atoms. The molecule has 2 nitrogen and oxygen atoms in total. The maximum Gasteiger partial charge on any atom is 0.119 e. The zero-order valence-electron chi connectivity index (χ0n) is 6.14. The lowest BCUT2D eigenvalue weighted by molar-refractivity contribution is 0.893. The smallest absolute Gasteiger partial charge is 0.119 e. The van der Waals surface area contributed by atoms with Gasteiger partial charge in [-0.25, -0.2) is 0 Å². The molecule has 0 aliphatic heterocycles. The lowest BCUT2D eigenvalue weighted by Gasteiger charge is -1.97. The Hall–Kier alpha value is -0.700. The molecule has 1 aromatic rings. The van der Waals surface area contributed by atoms with Crippen LogP contribution >= 0.6 is 12.2 Å². The van der Waals surface area contributed by atoms with Gasteiger partial charge in [0.25, 0.3) is 0 Å². The monoisotopic (exact) mass is 154 g/mol.